The van der Waals surface area contributed by atoms with E-state index in [0.717, 1.165) is 6.42 Å². The first-order valence-electron chi connectivity index (χ1n) is 8.04. The highest BCUT2D eigenvalue weighted by Crippen LogP contribution is 2.35. The molecule has 126 valence electrons. The fraction of sp³-hybridized carbons (Fsp3) is 0.333. The molecule has 3 rings (SSSR count). The van der Waals surface area contributed by atoms with Gasteiger partial charge in [0, 0.05) is 0 Å². The van der Waals surface area contributed by atoms with E-state index in [2.05, 4.69) is 28.9 Å². The highest BCUT2D eigenvalue weighted by Gasteiger charge is 2.29. The van der Waals surface area contributed by atoms with Crippen LogP contribution in [-0.2, 0) is 17.8 Å². The summed E-state index contributed by atoms with van der Waals surface area (Å²) in [6, 6.07) is 11.3. The Morgan fingerprint density at radius 1 is 1.17 bits per heavy atom. The second-order valence-electron chi connectivity index (χ2n) is 6.04. The van der Waals surface area contributed by atoms with Crippen LogP contribution in [0.3, 0.4) is 0 Å². The highest BCUT2D eigenvalue weighted by atomic mass is 16.3. The molecular formula is C18H21N3O3. The summed E-state index contributed by atoms with van der Waals surface area (Å²) in [6.07, 6.45) is 2.50. The molecule has 2 atom stereocenters. The van der Waals surface area contributed by atoms with E-state index in [4.69, 9.17) is 4.42 Å². The Balaban J connectivity index is 1.45. The Morgan fingerprint density at radius 3 is 2.79 bits per heavy atom. The Kier molecular flexibility index (Phi) is 4.84. The molecule has 6 nitrogen and oxygen atoms in total. The Morgan fingerprint density at radius 2 is 2.00 bits per heavy atom. The Bertz CT molecular complexity index is 712. The molecular weight excluding hydrogens is 306 g/mol. The van der Waals surface area contributed by atoms with Crippen molar-refractivity contribution in [2.75, 3.05) is 6.54 Å². The molecule has 0 spiro atoms. The highest BCUT2D eigenvalue weighted by molar-refractivity contribution is 5.84. The maximum absolute atomic E-state index is 12.1. The summed E-state index contributed by atoms with van der Waals surface area (Å²) in [6.45, 7) is 2.34. The van der Waals surface area contributed by atoms with Gasteiger partial charge in [0.1, 0.15) is 5.76 Å². The van der Waals surface area contributed by atoms with E-state index in [1.165, 1.54) is 11.1 Å². The molecule has 6 heteroatoms. The Labute approximate surface area is 140 Å². The topological polar surface area (TPSA) is 83.4 Å². The van der Waals surface area contributed by atoms with Gasteiger partial charge in [0.25, 0.3) is 0 Å². The summed E-state index contributed by atoms with van der Waals surface area (Å²) in [5.41, 5.74) is 2.44. The number of urea groups is 1. The van der Waals surface area contributed by atoms with Crippen LogP contribution in [0.25, 0.3) is 0 Å². The molecule has 1 heterocycles. The number of furan rings is 1. The number of carbonyl (C=O) groups excluding carboxylic acids is 2. The van der Waals surface area contributed by atoms with Gasteiger partial charge in [-0.3, -0.25) is 4.79 Å². The molecule has 1 aromatic heterocycles. The zero-order valence-electron chi connectivity index (χ0n) is 13.5. The van der Waals surface area contributed by atoms with Gasteiger partial charge in [-0.2, -0.15) is 0 Å². The number of carbonyl (C=O) groups is 2. The number of amides is 3. The lowest BCUT2D eigenvalue weighted by Crippen LogP contribution is -2.43. The number of rotatable bonds is 5. The lowest BCUT2D eigenvalue weighted by atomic mass is 10.0. The molecule has 0 fully saturated rings. The average Bonchev–Trinajstić information content (AvgIpc) is 3.20. The second-order valence-corrected chi connectivity index (χ2v) is 6.04. The largest absolute Gasteiger partial charge is 0.467 e. The van der Waals surface area contributed by atoms with Crippen molar-refractivity contribution >= 4 is 11.9 Å². The number of benzene rings is 1. The molecule has 0 saturated heterocycles. The van der Waals surface area contributed by atoms with Crippen LogP contribution in [0, 0.1) is 5.92 Å². The summed E-state index contributed by atoms with van der Waals surface area (Å²) in [5.74, 6) is 0.807. The summed E-state index contributed by atoms with van der Waals surface area (Å²) in [4.78, 5) is 23.8. The number of fused-ring (bicyclic) bond motifs is 1. The van der Waals surface area contributed by atoms with Crippen LogP contribution in [0.2, 0.25) is 0 Å². The molecule has 1 aliphatic rings. The van der Waals surface area contributed by atoms with E-state index < -0.39 is 6.03 Å². The smallest absolute Gasteiger partial charge is 0.315 e. The van der Waals surface area contributed by atoms with Crippen LogP contribution in [0.4, 0.5) is 4.79 Å². The lowest BCUT2D eigenvalue weighted by molar-refractivity contribution is -0.121. The standard InChI is InChI=1S/C18H21N3O3/c1-12-9-13-5-2-3-7-15(13)17(12)21-16(22)11-20-18(23)19-10-14-6-4-8-24-14/h2-8,12,17H,9-11H2,1H3,(H,21,22)(H2,19,20,23)/t12-,17+/m1/s1. The average molecular weight is 327 g/mol. The first kappa shape index (κ1) is 16.1. The first-order chi connectivity index (χ1) is 11.6. The van der Waals surface area contributed by atoms with Crippen molar-refractivity contribution in [2.24, 2.45) is 5.92 Å². The van der Waals surface area contributed by atoms with Crippen molar-refractivity contribution in [3.05, 3.63) is 59.5 Å². The third-order valence-corrected chi connectivity index (χ3v) is 4.23. The minimum Gasteiger partial charge on any atom is -0.467 e. The number of hydrogen-bond donors (Lipinski definition) is 3. The molecule has 1 aliphatic carbocycles. The molecule has 0 radical (unpaired) electrons. The van der Waals surface area contributed by atoms with Crippen molar-refractivity contribution in [2.45, 2.75) is 25.9 Å². The zero-order valence-corrected chi connectivity index (χ0v) is 13.5. The van der Waals surface area contributed by atoms with E-state index >= 15 is 0 Å². The van der Waals surface area contributed by atoms with Gasteiger partial charge in [0.15, 0.2) is 0 Å². The van der Waals surface area contributed by atoms with Crippen LogP contribution in [0.1, 0.15) is 29.9 Å². The minimum atomic E-state index is -0.401. The van der Waals surface area contributed by atoms with E-state index in [1.54, 1.807) is 18.4 Å². The van der Waals surface area contributed by atoms with E-state index in [-0.39, 0.29) is 25.0 Å². The van der Waals surface area contributed by atoms with Crippen LogP contribution < -0.4 is 16.0 Å². The van der Waals surface area contributed by atoms with Crippen LogP contribution >= 0.6 is 0 Å². The van der Waals surface area contributed by atoms with Gasteiger partial charge in [0.2, 0.25) is 5.91 Å². The molecule has 3 amide bonds. The van der Waals surface area contributed by atoms with Crippen molar-refractivity contribution in [1.82, 2.24) is 16.0 Å². The van der Waals surface area contributed by atoms with Gasteiger partial charge < -0.3 is 20.4 Å². The van der Waals surface area contributed by atoms with E-state index in [1.807, 2.05) is 18.2 Å². The molecule has 0 bridgehead atoms. The van der Waals surface area contributed by atoms with E-state index in [9.17, 15) is 9.59 Å². The lowest BCUT2D eigenvalue weighted by Gasteiger charge is -2.19. The predicted molar refractivity (Wildman–Crippen MR) is 89.1 cm³/mol. The first-order valence-corrected chi connectivity index (χ1v) is 8.04. The number of nitrogens with one attached hydrogen (secondary N) is 3. The van der Waals surface area contributed by atoms with Gasteiger partial charge >= 0.3 is 6.03 Å². The van der Waals surface area contributed by atoms with Crippen LogP contribution in [0.5, 0.6) is 0 Å². The van der Waals surface area contributed by atoms with Gasteiger partial charge in [0.05, 0.1) is 25.4 Å². The fourth-order valence-electron chi connectivity index (χ4n) is 3.04. The maximum Gasteiger partial charge on any atom is 0.315 e. The predicted octanol–water partition coefficient (Wildman–Crippen LogP) is 2.13. The van der Waals surface area contributed by atoms with E-state index in [0.29, 0.717) is 11.7 Å². The van der Waals surface area contributed by atoms with Crippen molar-refractivity contribution in [1.29, 1.82) is 0 Å². The minimum absolute atomic E-state index is 0.00156. The van der Waals surface area contributed by atoms with Crippen LogP contribution in [-0.4, -0.2) is 18.5 Å². The van der Waals surface area contributed by atoms with Crippen molar-refractivity contribution in [3.8, 4) is 0 Å². The molecule has 24 heavy (non-hydrogen) atoms. The molecule has 0 saturated carbocycles. The fourth-order valence-corrected chi connectivity index (χ4v) is 3.04. The molecule has 3 N–H and O–H groups in total. The summed E-state index contributed by atoms with van der Waals surface area (Å²) in [7, 11) is 0. The maximum atomic E-state index is 12.1. The zero-order chi connectivity index (χ0) is 16.9. The third-order valence-electron chi connectivity index (χ3n) is 4.23. The van der Waals surface area contributed by atoms with Gasteiger partial charge in [-0.1, -0.05) is 31.2 Å². The quantitative estimate of drug-likeness (QED) is 0.786. The van der Waals surface area contributed by atoms with Gasteiger partial charge in [-0.25, -0.2) is 4.79 Å². The molecule has 0 unspecified atom stereocenters. The van der Waals surface area contributed by atoms with Crippen molar-refractivity contribution < 1.29 is 14.0 Å². The SMILES string of the molecule is C[C@@H]1Cc2ccccc2[C@H]1NC(=O)CNC(=O)NCc1ccco1. The Hall–Kier alpha value is -2.76. The second kappa shape index (κ2) is 7.21. The molecule has 2 aromatic rings. The monoisotopic (exact) mass is 327 g/mol. The van der Waals surface area contributed by atoms with Gasteiger partial charge in [-0.15, -0.1) is 0 Å². The number of hydrogen-bond acceptors (Lipinski definition) is 3. The van der Waals surface area contributed by atoms with Gasteiger partial charge in [-0.05, 0) is 35.6 Å². The normalized spacial score (nSPS) is 18.7. The third kappa shape index (κ3) is 3.76. The molecule has 0 aliphatic heterocycles. The summed E-state index contributed by atoms with van der Waals surface area (Å²) >= 11 is 0. The summed E-state index contributed by atoms with van der Waals surface area (Å²) < 4.78 is 5.12. The van der Waals surface area contributed by atoms with Crippen LogP contribution in [0.15, 0.2) is 47.1 Å². The van der Waals surface area contributed by atoms with Crippen molar-refractivity contribution in [3.63, 3.8) is 0 Å². The summed E-state index contributed by atoms with van der Waals surface area (Å²) in [5, 5.41) is 8.20. The molecule has 1 aromatic carbocycles.